The van der Waals surface area contributed by atoms with Crippen molar-refractivity contribution < 1.29 is 4.79 Å². The molecule has 1 aliphatic heterocycles. The minimum Gasteiger partial charge on any atom is -0.332 e. The van der Waals surface area contributed by atoms with Crippen molar-refractivity contribution in [1.82, 2.24) is 25.1 Å². The number of nitrogens with zero attached hydrogens (tertiary/aromatic N) is 5. The van der Waals surface area contributed by atoms with Gasteiger partial charge in [-0.2, -0.15) is 0 Å². The minimum atomic E-state index is -0.00521. The number of hydrogen-bond acceptors (Lipinski definition) is 4. The molecule has 0 aromatic carbocycles. The lowest BCUT2D eigenvalue weighted by Gasteiger charge is -2.37. The van der Waals surface area contributed by atoms with Gasteiger partial charge in [-0.05, 0) is 76.3 Å². The van der Waals surface area contributed by atoms with E-state index in [1.165, 1.54) is 17.6 Å². The molecular weight excluding hydrogens is 374 g/mol. The van der Waals surface area contributed by atoms with E-state index < -0.39 is 0 Å². The zero-order valence-electron chi connectivity index (χ0n) is 20.0. The van der Waals surface area contributed by atoms with Gasteiger partial charge in [-0.1, -0.05) is 45.9 Å². The van der Waals surface area contributed by atoms with E-state index in [2.05, 4.69) is 29.3 Å². The van der Waals surface area contributed by atoms with E-state index >= 15 is 0 Å². The highest BCUT2D eigenvalue weighted by Gasteiger charge is 2.35. The zero-order chi connectivity index (χ0) is 22.4. The van der Waals surface area contributed by atoms with E-state index in [1.54, 1.807) is 0 Å². The molecule has 1 saturated carbocycles. The molecule has 1 aliphatic carbocycles. The summed E-state index contributed by atoms with van der Waals surface area (Å²) < 4.78 is 0. The number of tetrazole rings is 1. The van der Waals surface area contributed by atoms with E-state index in [9.17, 15) is 4.79 Å². The van der Waals surface area contributed by atoms with Gasteiger partial charge in [0, 0.05) is 18.7 Å². The Morgan fingerprint density at radius 2 is 1.73 bits per heavy atom. The Labute approximate surface area is 183 Å². The van der Waals surface area contributed by atoms with Crippen molar-refractivity contribution >= 4 is 12.1 Å². The Hall–Kier alpha value is -1.98. The van der Waals surface area contributed by atoms with Crippen LogP contribution in [0.25, 0.3) is 6.20 Å². The van der Waals surface area contributed by atoms with Crippen LogP contribution in [0.15, 0.2) is 18.2 Å². The molecule has 2 aliphatic rings. The summed E-state index contributed by atoms with van der Waals surface area (Å²) in [6, 6.07) is -0.00521. The van der Waals surface area contributed by atoms with Crippen LogP contribution in [0.4, 0.5) is 0 Å². The summed E-state index contributed by atoms with van der Waals surface area (Å²) in [4.78, 5) is 16.6. The molecule has 0 radical (unpaired) electrons. The topological polar surface area (TPSA) is 63.9 Å². The maximum absolute atomic E-state index is 13.1. The maximum Gasteiger partial charge on any atom is 0.226 e. The first kappa shape index (κ1) is 26.1. The molecule has 2 heterocycles. The molecule has 1 aromatic heterocycles. The largest absolute Gasteiger partial charge is 0.332 e. The smallest absolute Gasteiger partial charge is 0.226 e. The Balaban J connectivity index is 0.000000673. The van der Waals surface area contributed by atoms with Crippen molar-refractivity contribution in [2.45, 2.75) is 99.0 Å². The predicted molar refractivity (Wildman–Crippen MR) is 125 cm³/mol. The summed E-state index contributed by atoms with van der Waals surface area (Å²) in [6.45, 7) is 13.2. The van der Waals surface area contributed by atoms with E-state index in [-0.39, 0.29) is 12.0 Å². The Morgan fingerprint density at radius 1 is 1.07 bits per heavy atom. The standard InChI is InChI=1S/C18H29N5O.C4H8.C2H6/c1-3-4-13-23-20-17(19-21-23)16-7-5-6-12-22(16)18(24)15-10-8-14(2)9-11-15;1-3-4-2;1-2/h4,13-16H,3,5-12H2,1-2H3;3-4H,1-2H3;1-2H3/b13-4+;4-3-;. The normalized spacial score (nSPS) is 24.2. The molecule has 1 atom stereocenters. The number of carbonyl (C=O) groups excluding carboxylic acids is 1. The second-order valence-electron chi connectivity index (χ2n) is 7.93. The summed E-state index contributed by atoms with van der Waals surface area (Å²) in [6.07, 6.45) is 16.3. The molecule has 3 rings (SSSR count). The molecule has 0 N–H and O–H groups in total. The highest BCUT2D eigenvalue weighted by atomic mass is 16.2. The van der Waals surface area contributed by atoms with Crippen LogP contribution in [-0.4, -0.2) is 37.6 Å². The van der Waals surface area contributed by atoms with Crippen LogP contribution in [0.1, 0.15) is 105 Å². The zero-order valence-corrected chi connectivity index (χ0v) is 20.0. The summed E-state index contributed by atoms with van der Waals surface area (Å²) in [5, 5.41) is 12.8. The molecule has 6 heteroatoms. The molecule has 30 heavy (non-hydrogen) atoms. The summed E-state index contributed by atoms with van der Waals surface area (Å²) >= 11 is 0. The van der Waals surface area contributed by atoms with Gasteiger partial charge >= 0.3 is 0 Å². The first-order valence-electron chi connectivity index (χ1n) is 11.9. The van der Waals surface area contributed by atoms with Gasteiger partial charge in [0.25, 0.3) is 0 Å². The Morgan fingerprint density at radius 3 is 2.33 bits per heavy atom. The lowest BCUT2D eigenvalue weighted by atomic mass is 9.82. The van der Waals surface area contributed by atoms with Crippen molar-refractivity contribution in [3.8, 4) is 0 Å². The van der Waals surface area contributed by atoms with Crippen molar-refractivity contribution in [2.75, 3.05) is 6.54 Å². The predicted octanol–water partition coefficient (Wildman–Crippen LogP) is 6.04. The molecule has 6 nitrogen and oxygen atoms in total. The minimum absolute atomic E-state index is 0.00521. The number of amides is 1. The molecular formula is C24H43N5O. The number of piperidine rings is 1. The molecule has 0 bridgehead atoms. The van der Waals surface area contributed by atoms with Crippen LogP contribution in [-0.2, 0) is 4.79 Å². The number of hydrogen-bond donors (Lipinski definition) is 0. The van der Waals surface area contributed by atoms with Gasteiger partial charge in [0.1, 0.15) is 0 Å². The number of allylic oxidation sites excluding steroid dienone is 3. The average molecular weight is 418 g/mol. The Bertz CT molecular complexity index is 640. The fourth-order valence-corrected chi connectivity index (χ4v) is 3.84. The van der Waals surface area contributed by atoms with Crippen molar-refractivity contribution in [2.24, 2.45) is 11.8 Å². The van der Waals surface area contributed by atoms with E-state index in [4.69, 9.17) is 0 Å². The van der Waals surface area contributed by atoms with Crippen molar-refractivity contribution in [3.05, 3.63) is 24.1 Å². The van der Waals surface area contributed by atoms with Crippen LogP contribution in [0.3, 0.4) is 0 Å². The van der Waals surface area contributed by atoms with E-state index in [0.29, 0.717) is 11.7 Å². The third kappa shape index (κ3) is 8.04. The summed E-state index contributed by atoms with van der Waals surface area (Å²) in [7, 11) is 0. The molecule has 0 spiro atoms. The van der Waals surface area contributed by atoms with Crippen LogP contribution in [0, 0.1) is 11.8 Å². The summed E-state index contributed by atoms with van der Waals surface area (Å²) in [5.74, 6) is 1.95. The van der Waals surface area contributed by atoms with Crippen LogP contribution < -0.4 is 0 Å². The van der Waals surface area contributed by atoms with Gasteiger partial charge in [-0.15, -0.1) is 15.0 Å². The second-order valence-corrected chi connectivity index (χ2v) is 7.93. The molecule has 1 amide bonds. The third-order valence-corrected chi connectivity index (χ3v) is 5.70. The quantitative estimate of drug-likeness (QED) is 0.560. The number of likely N-dealkylation sites (tertiary alicyclic amines) is 1. The van der Waals surface area contributed by atoms with Crippen molar-refractivity contribution in [3.63, 3.8) is 0 Å². The monoisotopic (exact) mass is 417 g/mol. The van der Waals surface area contributed by atoms with Gasteiger partial charge in [0.15, 0.2) is 5.82 Å². The van der Waals surface area contributed by atoms with Gasteiger partial charge in [0.2, 0.25) is 5.91 Å². The van der Waals surface area contributed by atoms with Gasteiger partial charge < -0.3 is 4.90 Å². The number of aromatic nitrogens is 4. The van der Waals surface area contributed by atoms with E-state index in [1.807, 2.05) is 57.0 Å². The number of carbonyl (C=O) groups is 1. The van der Waals surface area contributed by atoms with Gasteiger partial charge in [0.05, 0.1) is 6.04 Å². The third-order valence-electron chi connectivity index (χ3n) is 5.70. The fourth-order valence-electron chi connectivity index (χ4n) is 3.84. The number of rotatable bonds is 4. The molecule has 170 valence electrons. The Kier molecular flexibility index (Phi) is 13.0. The van der Waals surface area contributed by atoms with Crippen LogP contribution >= 0.6 is 0 Å². The lowest BCUT2D eigenvalue weighted by molar-refractivity contribution is -0.141. The van der Waals surface area contributed by atoms with Gasteiger partial charge in [-0.3, -0.25) is 4.79 Å². The highest BCUT2D eigenvalue weighted by Crippen LogP contribution is 2.34. The van der Waals surface area contributed by atoms with Crippen molar-refractivity contribution in [1.29, 1.82) is 0 Å². The molecule has 1 unspecified atom stereocenters. The first-order valence-corrected chi connectivity index (χ1v) is 11.9. The molecule has 1 saturated heterocycles. The molecule has 2 fully saturated rings. The van der Waals surface area contributed by atoms with Crippen LogP contribution in [0.2, 0.25) is 0 Å². The van der Waals surface area contributed by atoms with Crippen LogP contribution in [0.5, 0.6) is 0 Å². The highest BCUT2D eigenvalue weighted by molar-refractivity contribution is 5.79. The average Bonchev–Trinajstić information content (AvgIpc) is 3.28. The lowest BCUT2D eigenvalue weighted by Crippen LogP contribution is -2.43. The molecule has 1 aromatic rings. The van der Waals surface area contributed by atoms with Gasteiger partial charge in [-0.25, -0.2) is 0 Å². The summed E-state index contributed by atoms with van der Waals surface area (Å²) in [5.41, 5.74) is 0. The maximum atomic E-state index is 13.1. The first-order chi connectivity index (χ1) is 14.6. The van der Waals surface area contributed by atoms with E-state index in [0.717, 1.165) is 51.0 Å². The SMILES string of the molecule is C/C=C\C.CC.CC/C=C/n1nnc(C2CCCCN2C(=O)C2CCC(C)CC2)n1. The fraction of sp³-hybridized carbons (Fsp3) is 0.750. The second kappa shape index (κ2) is 14.9.